The van der Waals surface area contributed by atoms with Crippen LogP contribution in [0.25, 0.3) is 0 Å². The normalized spacial score (nSPS) is 19.4. The average molecular weight is 335 g/mol. The second kappa shape index (κ2) is 8.10. The number of hydrogen-bond acceptors (Lipinski definition) is 5. The summed E-state index contributed by atoms with van der Waals surface area (Å²) in [5.41, 5.74) is 0. The van der Waals surface area contributed by atoms with Gasteiger partial charge < -0.3 is 29.2 Å². The fourth-order valence-electron chi connectivity index (χ4n) is 2.88. The molecular formula is C17H25N3O4. The highest BCUT2D eigenvalue weighted by Crippen LogP contribution is 2.34. The molecule has 2 aliphatic rings. The number of guanidine groups is 1. The third-order valence-electron chi connectivity index (χ3n) is 4.13. The van der Waals surface area contributed by atoms with E-state index in [0.717, 1.165) is 49.4 Å². The summed E-state index contributed by atoms with van der Waals surface area (Å²) in [4.78, 5) is 6.46. The van der Waals surface area contributed by atoms with Crippen molar-refractivity contribution in [3.8, 4) is 17.2 Å². The highest BCUT2D eigenvalue weighted by atomic mass is 16.7. The maximum absolute atomic E-state index is 5.75. The zero-order valence-electron chi connectivity index (χ0n) is 14.3. The first-order valence-corrected chi connectivity index (χ1v) is 8.28. The van der Waals surface area contributed by atoms with Crippen LogP contribution in [0.2, 0.25) is 0 Å². The maximum atomic E-state index is 5.75. The van der Waals surface area contributed by atoms with Crippen molar-refractivity contribution in [2.75, 3.05) is 53.8 Å². The summed E-state index contributed by atoms with van der Waals surface area (Å²) in [5, 5.41) is 3.32. The van der Waals surface area contributed by atoms with Gasteiger partial charge in [-0.2, -0.15) is 0 Å². The highest BCUT2D eigenvalue weighted by Gasteiger charge is 2.19. The summed E-state index contributed by atoms with van der Waals surface area (Å²) in [6.07, 6.45) is 1.12. The number of nitrogens with one attached hydrogen (secondary N) is 1. The Bertz CT molecular complexity index is 573. The summed E-state index contributed by atoms with van der Waals surface area (Å²) in [6.45, 7) is 4.14. The summed E-state index contributed by atoms with van der Waals surface area (Å²) < 4.78 is 21.8. The van der Waals surface area contributed by atoms with Crippen LogP contribution in [-0.2, 0) is 4.74 Å². The van der Waals surface area contributed by atoms with Crippen LogP contribution in [0.4, 0.5) is 0 Å². The molecule has 0 aliphatic carbocycles. The second-order valence-electron chi connectivity index (χ2n) is 5.95. The Labute approximate surface area is 142 Å². The molecule has 1 unspecified atom stereocenters. The van der Waals surface area contributed by atoms with Gasteiger partial charge in [-0.25, -0.2) is 0 Å². The topological polar surface area (TPSA) is 64.6 Å². The average Bonchev–Trinajstić information content (AvgIpc) is 3.25. The van der Waals surface area contributed by atoms with Gasteiger partial charge in [-0.15, -0.1) is 0 Å². The first-order chi connectivity index (χ1) is 11.8. The fourth-order valence-corrected chi connectivity index (χ4v) is 2.88. The number of hydrogen-bond donors (Lipinski definition) is 1. The SMILES string of the molecule is CN=C(NCCOc1ccc2c(c1)OCO2)N(C)CC1CCOC1. The molecule has 1 aromatic rings. The molecule has 2 aliphatic heterocycles. The molecule has 0 saturated carbocycles. The number of ether oxygens (including phenoxy) is 4. The standard InChI is InChI=1S/C17H25N3O4/c1-18-17(20(2)10-13-5-7-21-11-13)19-6-8-22-14-3-4-15-16(9-14)24-12-23-15/h3-4,9,13H,5-8,10-12H2,1-2H3,(H,18,19). The van der Waals surface area contributed by atoms with Crippen LogP contribution >= 0.6 is 0 Å². The van der Waals surface area contributed by atoms with Gasteiger partial charge in [0.15, 0.2) is 17.5 Å². The van der Waals surface area contributed by atoms with Crippen LogP contribution in [0.1, 0.15) is 6.42 Å². The zero-order valence-corrected chi connectivity index (χ0v) is 14.3. The van der Waals surface area contributed by atoms with Gasteiger partial charge >= 0.3 is 0 Å². The monoisotopic (exact) mass is 335 g/mol. The molecule has 132 valence electrons. The van der Waals surface area contributed by atoms with Gasteiger partial charge in [-0.3, -0.25) is 4.99 Å². The third kappa shape index (κ3) is 4.23. The molecule has 0 amide bonds. The zero-order chi connectivity index (χ0) is 16.8. The van der Waals surface area contributed by atoms with Crippen molar-refractivity contribution < 1.29 is 18.9 Å². The molecule has 3 rings (SSSR count). The Kier molecular flexibility index (Phi) is 5.63. The van der Waals surface area contributed by atoms with Crippen LogP contribution in [-0.4, -0.2) is 64.7 Å². The number of rotatable bonds is 6. The lowest BCUT2D eigenvalue weighted by Gasteiger charge is -2.24. The van der Waals surface area contributed by atoms with Gasteiger partial charge in [-0.1, -0.05) is 0 Å². The predicted molar refractivity (Wildman–Crippen MR) is 91.0 cm³/mol. The van der Waals surface area contributed by atoms with E-state index in [1.165, 1.54) is 0 Å². The molecular weight excluding hydrogens is 310 g/mol. The summed E-state index contributed by atoms with van der Waals surface area (Å²) in [5.74, 6) is 3.72. The first-order valence-electron chi connectivity index (χ1n) is 8.28. The number of fused-ring (bicyclic) bond motifs is 1. The maximum Gasteiger partial charge on any atom is 0.231 e. The van der Waals surface area contributed by atoms with E-state index in [2.05, 4.69) is 15.2 Å². The summed E-state index contributed by atoms with van der Waals surface area (Å²) in [6, 6.07) is 5.60. The van der Waals surface area contributed by atoms with Gasteiger partial charge in [0, 0.05) is 39.2 Å². The van der Waals surface area contributed by atoms with Gasteiger partial charge in [-0.05, 0) is 18.6 Å². The lowest BCUT2D eigenvalue weighted by molar-refractivity contribution is 0.173. The molecule has 0 spiro atoms. The Balaban J connectivity index is 1.39. The van der Waals surface area contributed by atoms with E-state index in [4.69, 9.17) is 18.9 Å². The largest absolute Gasteiger partial charge is 0.492 e. The van der Waals surface area contributed by atoms with Crippen molar-refractivity contribution in [2.45, 2.75) is 6.42 Å². The minimum absolute atomic E-state index is 0.273. The van der Waals surface area contributed by atoms with Gasteiger partial charge in [0.25, 0.3) is 0 Å². The molecule has 0 aromatic heterocycles. The van der Waals surface area contributed by atoms with E-state index >= 15 is 0 Å². The predicted octanol–water partition coefficient (Wildman–Crippen LogP) is 1.34. The van der Waals surface area contributed by atoms with Crippen LogP contribution < -0.4 is 19.5 Å². The van der Waals surface area contributed by atoms with E-state index in [1.54, 1.807) is 7.05 Å². The molecule has 7 heteroatoms. The van der Waals surface area contributed by atoms with Gasteiger partial charge in [0.2, 0.25) is 6.79 Å². The molecule has 24 heavy (non-hydrogen) atoms. The Morgan fingerprint density at radius 3 is 3.04 bits per heavy atom. The highest BCUT2D eigenvalue weighted by molar-refractivity contribution is 5.79. The molecule has 7 nitrogen and oxygen atoms in total. The van der Waals surface area contributed by atoms with E-state index in [9.17, 15) is 0 Å². The van der Waals surface area contributed by atoms with Crippen molar-refractivity contribution in [1.82, 2.24) is 10.2 Å². The van der Waals surface area contributed by atoms with Crippen molar-refractivity contribution in [3.63, 3.8) is 0 Å². The molecule has 1 atom stereocenters. The quantitative estimate of drug-likeness (QED) is 0.481. The second-order valence-corrected chi connectivity index (χ2v) is 5.95. The lowest BCUT2D eigenvalue weighted by atomic mass is 10.1. The number of benzene rings is 1. The Morgan fingerprint density at radius 2 is 2.25 bits per heavy atom. The van der Waals surface area contributed by atoms with Crippen molar-refractivity contribution in [1.29, 1.82) is 0 Å². The van der Waals surface area contributed by atoms with Crippen molar-refractivity contribution in [2.24, 2.45) is 10.9 Å². The molecule has 1 fully saturated rings. The van der Waals surface area contributed by atoms with Crippen LogP contribution in [0.15, 0.2) is 23.2 Å². The molecule has 1 saturated heterocycles. The number of aliphatic imine (C=N–C) groups is 1. The minimum atomic E-state index is 0.273. The smallest absolute Gasteiger partial charge is 0.231 e. The minimum Gasteiger partial charge on any atom is -0.492 e. The molecule has 1 aromatic carbocycles. The van der Waals surface area contributed by atoms with E-state index in [0.29, 0.717) is 19.1 Å². The molecule has 0 bridgehead atoms. The van der Waals surface area contributed by atoms with Crippen molar-refractivity contribution in [3.05, 3.63) is 18.2 Å². The van der Waals surface area contributed by atoms with E-state index in [1.807, 2.05) is 25.2 Å². The lowest BCUT2D eigenvalue weighted by Crippen LogP contribution is -2.42. The molecule has 1 N–H and O–H groups in total. The molecule has 0 radical (unpaired) electrons. The van der Waals surface area contributed by atoms with Crippen molar-refractivity contribution >= 4 is 5.96 Å². The molecule has 2 heterocycles. The van der Waals surface area contributed by atoms with E-state index < -0.39 is 0 Å². The van der Waals surface area contributed by atoms with Crippen LogP contribution in [0.3, 0.4) is 0 Å². The summed E-state index contributed by atoms with van der Waals surface area (Å²) >= 11 is 0. The van der Waals surface area contributed by atoms with E-state index in [-0.39, 0.29) is 6.79 Å². The van der Waals surface area contributed by atoms with Gasteiger partial charge in [0.05, 0.1) is 13.2 Å². The third-order valence-corrected chi connectivity index (χ3v) is 4.13. The fraction of sp³-hybridized carbons (Fsp3) is 0.588. The number of nitrogens with zero attached hydrogens (tertiary/aromatic N) is 2. The van der Waals surface area contributed by atoms with Gasteiger partial charge in [0.1, 0.15) is 12.4 Å². The Morgan fingerprint density at radius 1 is 1.38 bits per heavy atom. The summed E-state index contributed by atoms with van der Waals surface area (Å²) in [7, 11) is 3.84. The van der Waals surface area contributed by atoms with Crippen LogP contribution in [0.5, 0.6) is 17.2 Å². The van der Waals surface area contributed by atoms with Crippen LogP contribution in [0, 0.1) is 5.92 Å². The first kappa shape index (κ1) is 16.7. The Hall–Kier alpha value is -2.15.